The van der Waals surface area contributed by atoms with Crippen molar-refractivity contribution in [1.82, 2.24) is 9.55 Å². The van der Waals surface area contributed by atoms with Gasteiger partial charge in [0.2, 0.25) is 0 Å². The quantitative estimate of drug-likeness (QED) is 0.713. The van der Waals surface area contributed by atoms with E-state index in [-0.39, 0.29) is 5.69 Å². The summed E-state index contributed by atoms with van der Waals surface area (Å²) in [4.78, 5) is 13.6. The van der Waals surface area contributed by atoms with Crippen LogP contribution in [0.15, 0.2) is 17.2 Å². The van der Waals surface area contributed by atoms with Gasteiger partial charge in [-0.3, -0.25) is 4.57 Å². The minimum absolute atomic E-state index is 0.0575. The molecule has 1 atom stereocenters. The minimum Gasteiger partial charge on any atom is -0.384 e. The van der Waals surface area contributed by atoms with Gasteiger partial charge in [0.1, 0.15) is 0 Å². The van der Waals surface area contributed by atoms with Crippen molar-refractivity contribution < 1.29 is 4.74 Å². The van der Waals surface area contributed by atoms with Crippen molar-refractivity contribution in [2.45, 2.75) is 13.5 Å². The second-order valence-corrected chi connectivity index (χ2v) is 2.98. The Balaban J connectivity index is 2.52. The molecule has 68 valence electrons. The molecule has 1 aromatic rings. The third-order valence-electron chi connectivity index (χ3n) is 1.68. The molecule has 1 unspecified atom stereocenters. The van der Waals surface area contributed by atoms with Gasteiger partial charge >= 0.3 is 5.69 Å². The fourth-order valence-corrected chi connectivity index (χ4v) is 1.17. The van der Waals surface area contributed by atoms with Crippen LogP contribution in [0.2, 0.25) is 0 Å². The van der Waals surface area contributed by atoms with E-state index in [1.165, 1.54) is 0 Å². The summed E-state index contributed by atoms with van der Waals surface area (Å²) in [5.41, 5.74) is -0.0575. The van der Waals surface area contributed by atoms with Crippen LogP contribution in [0, 0.1) is 5.92 Å². The molecule has 0 saturated heterocycles. The van der Waals surface area contributed by atoms with Crippen molar-refractivity contribution in [3.63, 3.8) is 0 Å². The molecule has 0 bridgehead atoms. The molecular weight excluding hydrogens is 156 g/mol. The number of hydrogen-bond donors (Lipinski definition) is 1. The number of aromatic nitrogens is 2. The highest BCUT2D eigenvalue weighted by molar-refractivity contribution is 4.76. The number of rotatable bonds is 4. The summed E-state index contributed by atoms with van der Waals surface area (Å²) in [6.45, 7) is 3.43. The largest absolute Gasteiger partial charge is 0.384 e. The zero-order valence-corrected chi connectivity index (χ0v) is 7.41. The van der Waals surface area contributed by atoms with Crippen molar-refractivity contribution in [2.75, 3.05) is 13.7 Å². The van der Waals surface area contributed by atoms with Crippen molar-refractivity contribution in [1.29, 1.82) is 0 Å². The van der Waals surface area contributed by atoms with Crippen LogP contribution in [0.25, 0.3) is 0 Å². The number of aromatic amines is 1. The van der Waals surface area contributed by atoms with Crippen molar-refractivity contribution in [3.05, 3.63) is 22.9 Å². The Bertz CT molecular complexity index is 277. The van der Waals surface area contributed by atoms with Gasteiger partial charge in [-0.15, -0.1) is 0 Å². The lowest BCUT2D eigenvalue weighted by Gasteiger charge is -2.09. The summed E-state index contributed by atoms with van der Waals surface area (Å²) in [5, 5.41) is 0. The van der Waals surface area contributed by atoms with Crippen molar-refractivity contribution in [2.24, 2.45) is 5.92 Å². The fourth-order valence-electron chi connectivity index (χ4n) is 1.17. The number of imidazole rings is 1. The number of H-pyrrole nitrogens is 1. The summed E-state index contributed by atoms with van der Waals surface area (Å²) < 4.78 is 6.61. The molecule has 1 aromatic heterocycles. The number of nitrogens with zero attached hydrogens (tertiary/aromatic N) is 1. The summed E-state index contributed by atoms with van der Waals surface area (Å²) in [5.74, 6) is 0.364. The van der Waals surface area contributed by atoms with E-state index in [9.17, 15) is 4.79 Å². The number of hydrogen-bond acceptors (Lipinski definition) is 2. The van der Waals surface area contributed by atoms with Gasteiger partial charge in [-0.25, -0.2) is 4.79 Å². The molecular formula is C8H14N2O2. The maximum Gasteiger partial charge on any atom is 0.325 e. The molecule has 0 aliphatic carbocycles. The predicted molar refractivity (Wildman–Crippen MR) is 46.1 cm³/mol. The minimum atomic E-state index is -0.0575. The maximum atomic E-state index is 11.0. The third-order valence-corrected chi connectivity index (χ3v) is 1.68. The van der Waals surface area contributed by atoms with Crippen LogP contribution in [0.5, 0.6) is 0 Å². The molecule has 1 heterocycles. The Labute approximate surface area is 71.2 Å². The van der Waals surface area contributed by atoms with Crippen molar-refractivity contribution >= 4 is 0 Å². The monoisotopic (exact) mass is 170 g/mol. The van der Waals surface area contributed by atoms with Gasteiger partial charge in [-0.1, -0.05) is 6.92 Å². The molecule has 0 aliphatic heterocycles. The molecule has 1 rings (SSSR count). The molecule has 1 N–H and O–H groups in total. The van der Waals surface area contributed by atoms with Crippen LogP contribution in [0.4, 0.5) is 0 Å². The Morgan fingerprint density at radius 3 is 3.00 bits per heavy atom. The Morgan fingerprint density at radius 2 is 2.50 bits per heavy atom. The van der Waals surface area contributed by atoms with E-state index in [0.717, 1.165) is 0 Å². The second-order valence-electron chi connectivity index (χ2n) is 2.98. The first-order valence-corrected chi connectivity index (χ1v) is 3.96. The van der Waals surface area contributed by atoms with Gasteiger partial charge in [0.15, 0.2) is 0 Å². The molecule has 12 heavy (non-hydrogen) atoms. The normalized spacial score (nSPS) is 13.2. The number of ether oxygens (including phenoxy) is 1. The molecule has 0 aliphatic rings. The standard InChI is InChI=1S/C8H14N2O2/c1-7(6-12-2)5-10-4-3-9-8(10)11/h3-4,7H,5-6H2,1-2H3,(H,9,11). The first-order valence-electron chi connectivity index (χ1n) is 3.96. The Kier molecular flexibility index (Phi) is 3.10. The topological polar surface area (TPSA) is 47.0 Å². The van der Waals surface area contributed by atoms with E-state index in [0.29, 0.717) is 19.1 Å². The van der Waals surface area contributed by atoms with Gasteiger partial charge in [-0.05, 0) is 5.92 Å². The third kappa shape index (κ3) is 2.23. The average molecular weight is 170 g/mol. The van der Waals surface area contributed by atoms with Gasteiger partial charge in [0, 0.05) is 26.0 Å². The van der Waals surface area contributed by atoms with E-state index >= 15 is 0 Å². The van der Waals surface area contributed by atoms with Crippen LogP contribution >= 0.6 is 0 Å². The zero-order chi connectivity index (χ0) is 8.97. The van der Waals surface area contributed by atoms with Crippen LogP contribution in [-0.2, 0) is 11.3 Å². The molecule has 0 fully saturated rings. The molecule has 0 aromatic carbocycles. The molecule has 0 amide bonds. The van der Waals surface area contributed by atoms with E-state index in [1.807, 2.05) is 6.92 Å². The van der Waals surface area contributed by atoms with Gasteiger partial charge in [-0.2, -0.15) is 0 Å². The van der Waals surface area contributed by atoms with Gasteiger partial charge in [0.25, 0.3) is 0 Å². The number of nitrogens with one attached hydrogen (secondary N) is 1. The van der Waals surface area contributed by atoms with Crippen LogP contribution in [0.1, 0.15) is 6.92 Å². The lowest BCUT2D eigenvalue weighted by molar-refractivity contribution is 0.151. The van der Waals surface area contributed by atoms with Crippen LogP contribution in [-0.4, -0.2) is 23.3 Å². The van der Waals surface area contributed by atoms with Gasteiger partial charge < -0.3 is 9.72 Å². The highest BCUT2D eigenvalue weighted by Crippen LogP contribution is 1.97. The second kappa shape index (κ2) is 4.11. The molecule has 4 nitrogen and oxygen atoms in total. The predicted octanol–water partition coefficient (Wildman–Crippen LogP) is 0.459. The van der Waals surface area contributed by atoms with E-state index < -0.39 is 0 Å². The first-order chi connectivity index (χ1) is 5.74. The fraction of sp³-hybridized carbons (Fsp3) is 0.625. The van der Waals surface area contributed by atoms with Crippen LogP contribution < -0.4 is 5.69 Å². The Hall–Kier alpha value is -1.03. The summed E-state index contributed by atoms with van der Waals surface area (Å²) >= 11 is 0. The summed E-state index contributed by atoms with van der Waals surface area (Å²) in [6.07, 6.45) is 3.39. The maximum absolute atomic E-state index is 11.0. The molecule has 0 radical (unpaired) electrons. The first kappa shape index (κ1) is 9.06. The smallest absolute Gasteiger partial charge is 0.325 e. The zero-order valence-electron chi connectivity index (χ0n) is 7.41. The molecule has 0 saturated carbocycles. The SMILES string of the molecule is COCC(C)Cn1cc[nH]c1=O. The molecule has 0 spiro atoms. The molecule has 4 heteroatoms. The van der Waals surface area contributed by atoms with Gasteiger partial charge in [0.05, 0.1) is 6.61 Å². The summed E-state index contributed by atoms with van der Waals surface area (Å²) in [6, 6.07) is 0. The van der Waals surface area contributed by atoms with E-state index in [2.05, 4.69) is 4.98 Å². The number of methoxy groups -OCH3 is 1. The lowest BCUT2D eigenvalue weighted by atomic mass is 10.2. The van der Waals surface area contributed by atoms with Crippen LogP contribution in [0.3, 0.4) is 0 Å². The van der Waals surface area contributed by atoms with E-state index in [4.69, 9.17) is 4.74 Å². The highest BCUT2D eigenvalue weighted by atomic mass is 16.5. The Morgan fingerprint density at radius 1 is 1.75 bits per heavy atom. The van der Waals surface area contributed by atoms with E-state index in [1.54, 1.807) is 24.1 Å². The van der Waals surface area contributed by atoms with Crippen molar-refractivity contribution in [3.8, 4) is 0 Å². The average Bonchev–Trinajstić information content (AvgIpc) is 2.37. The lowest BCUT2D eigenvalue weighted by Crippen LogP contribution is -2.21. The summed E-state index contributed by atoms with van der Waals surface area (Å²) in [7, 11) is 1.66. The highest BCUT2D eigenvalue weighted by Gasteiger charge is 2.03.